The van der Waals surface area contributed by atoms with E-state index in [9.17, 15) is 0 Å². The molecule has 0 bridgehead atoms. The van der Waals surface area contributed by atoms with Gasteiger partial charge in [-0.2, -0.15) is 0 Å². The van der Waals surface area contributed by atoms with E-state index in [0.29, 0.717) is 0 Å². The maximum absolute atomic E-state index is 5.86. The summed E-state index contributed by atoms with van der Waals surface area (Å²) in [5, 5.41) is 1.07. The lowest BCUT2D eigenvalue weighted by atomic mass is 10.0. The second kappa shape index (κ2) is 8.68. The lowest BCUT2D eigenvalue weighted by molar-refractivity contribution is 0.482. The van der Waals surface area contributed by atoms with E-state index in [2.05, 4.69) is 34.6 Å². The molecule has 110 valence electrons. The van der Waals surface area contributed by atoms with E-state index in [1.807, 2.05) is 42.5 Å². The number of alkyl halides is 1. The van der Waals surface area contributed by atoms with Crippen molar-refractivity contribution >= 4 is 15.9 Å². The Morgan fingerprint density at radius 3 is 2.48 bits per heavy atom. The molecule has 0 N–H and O–H groups in total. The molecule has 2 rings (SSSR count). The Balaban J connectivity index is 1.93. The first-order chi connectivity index (χ1) is 10.3. The quantitative estimate of drug-likeness (QED) is 0.317. The summed E-state index contributed by atoms with van der Waals surface area (Å²) in [6.45, 7) is 4.18. The van der Waals surface area contributed by atoms with Crippen molar-refractivity contribution < 1.29 is 4.74 Å². The number of rotatable bonds is 8. The molecule has 0 aliphatic carbocycles. The van der Waals surface area contributed by atoms with Crippen LogP contribution in [0.25, 0.3) is 0 Å². The normalized spacial score (nSPS) is 10.3. The van der Waals surface area contributed by atoms with Crippen molar-refractivity contribution in [1.29, 1.82) is 0 Å². The Labute approximate surface area is 135 Å². The smallest absolute Gasteiger partial charge is 0.127 e. The molecule has 1 nitrogen and oxygen atoms in total. The molecule has 21 heavy (non-hydrogen) atoms. The molecule has 0 saturated heterocycles. The molecule has 2 aromatic rings. The van der Waals surface area contributed by atoms with Gasteiger partial charge >= 0.3 is 0 Å². The highest BCUT2D eigenvalue weighted by Crippen LogP contribution is 2.23. The van der Waals surface area contributed by atoms with Gasteiger partial charge in [0.1, 0.15) is 11.5 Å². The Morgan fingerprint density at radius 1 is 0.952 bits per heavy atom. The standard InChI is InChI=1S/C19H21BrO/c1-16(8-5-6-13-20)14-17-9-7-12-19(15-17)21-18-10-3-2-4-11-18/h2-4,7,9-12,15H,1,5-6,8,13-14H2. The van der Waals surface area contributed by atoms with Gasteiger partial charge < -0.3 is 4.74 Å². The van der Waals surface area contributed by atoms with Gasteiger partial charge in [0.25, 0.3) is 0 Å². The van der Waals surface area contributed by atoms with Crippen molar-refractivity contribution in [3.8, 4) is 11.5 Å². The maximum Gasteiger partial charge on any atom is 0.127 e. The summed E-state index contributed by atoms with van der Waals surface area (Å²) in [7, 11) is 0. The zero-order valence-electron chi connectivity index (χ0n) is 12.2. The summed E-state index contributed by atoms with van der Waals surface area (Å²) in [4.78, 5) is 0. The van der Waals surface area contributed by atoms with Gasteiger partial charge in [0.2, 0.25) is 0 Å². The van der Waals surface area contributed by atoms with E-state index in [0.717, 1.165) is 29.7 Å². The molecule has 0 amide bonds. The van der Waals surface area contributed by atoms with Crippen LogP contribution in [0, 0.1) is 0 Å². The predicted octanol–water partition coefficient (Wildman–Crippen LogP) is 6.14. The number of allylic oxidation sites excluding steroid dienone is 1. The van der Waals surface area contributed by atoms with Gasteiger partial charge in [-0.3, -0.25) is 0 Å². The molecular weight excluding hydrogens is 324 g/mol. The summed E-state index contributed by atoms with van der Waals surface area (Å²) in [6.07, 6.45) is 4.42. The van der Waals surface area contributed by atoms with Crippen LogP contribution in [0.5, 0.6) is 11.5 Å². The van der Waals surface area contributed by atoms with Crippen molar-refractivity contribution in [2.75, 3.05) is 5.33 Å². The zero-order valence-corrected chi connectivity index (χ0v) is 13.8. The highest BCUT2D eigenvalue weighted by molar-refractivity contribution is 9.09. The molecular formula is C19H21BrO. The third-order valence-electron chi connectivity index (χ3n) is 3.25. The van der Waals surface area contributed by atoms with Crippen molar-refractivity contribution in [3.05, 3.63) is 72.3 Å². The minimum atomic E-state index is 0.866. The number of para-hydroxylation sites is 1. The van der Waals surface area contributed by atoms with Crippen LogP contribution in [0.3, 0.4) is 0 Å². The van der Waals surface area contributed by atoms with Crippen molar-refractivity contribution in [1.82, 2.24) is 0 Å². The number of halogens is 1. The molecule has 0 atom stereocenters. The second-order valence-corrected chi connectivity index (χ2v) is 5.93. The van der Waals surface area contributed by atoms with Crippen LogP contribution >= 0.6 is 15.9 Å². The number of hydrogen-bond donors (Lipinski definition) is 0. The van der Waals surface area contributed by atoms with Crippen LogP contribution in [0.15, 0.2) is 66.7 Å². The lowest BCUT2D eigenvalue weighted by Crippen LogP contribution is -1.92. The first-order valence-electron chi connectivity index (χ1n) is 7.32. The van der Waals surface area contributed by atoms with Gasteiger partial charge in [0.05, 0.1) is 0 Å². The van der Waals surface area contributed by atoms with Crippen molar-refractivity contribution in [3.63, 3.8) is 0 Å². The van der Waals surface area contributed by atoms with Crippen LogP contribution < -0.4 is 4.74 Å². The molecule has 2 aromatic carbocycles. The van der Waals surface area contributed by atoms with E-state index < -0.39 is 0 Å². The van der Waals surface area contributed by atoms with E-state index in [1.54, 1.807) is 0 Å². The minimum Gasteiger partial charge on any atom is -0.457 e. The third kappa shape index (κ3) is 5.76. The van der Waals surface area contributed by atoms with E-state index in [-0.39, 0.29) is 0 Å². The minimum absolute atomic E-state index is 0.866. The van der Waals surface area contributed by atoms with Gasteiger partial charge in [-0.15, -0.1) is 0 Å². The molecule has 0 fully saturated rings. The second-order valence-electron chi connectivity index (χ2n) is 5.14. The average Bonchev–Trinajstić information content (AvgIpc) is 2.49. The number of unbranched alkanes of at least 4 members (excludes halogenated alkanes) is 1. The fourth-order valence-electron chi connectivity index (χ4n) is 2.19. The largest absolute Gasteiger partial charge is 0.457 e. The van der Waals surface area contributed by atoms with Crippen molar-refractivity contribution in [2.24, 2.45) is 0 Å². The molecule has 0 saturated carbocycles. The number of benzene rings is 2. The lowest BCUT2D eigenvalue weighted by Gasteiger charge is -2.09. The van der Waals surface area contributed by atoms with Gasteiger partial charge in [-0.25, -0.2) is 0 Å². The van der Waals surface area contributed by atoms with Gasteiger partial charge in [-0.05, 0) is 55.5 Å². The van der Waals surface area contributed by atoms with Crippen LogP contribution in [0.4, 0.5) is 0 Å². The molecule has 0 heterocycles. The van der Waals surface area contributed by atoms with Gasteiger partial charge in [-0.1, -0.05) is 58.4 Å². The van der Waals surface area contributed by atoms with E-state index in [4.69, 9.17) is 4.74 Å². The molecule has 0 spiro atoms. The van der Waals surface area contributed by atoms with E-state index >= 15 is 0 Å². The SMILES string of the molecule is C=C(CCCCBr)Cc1cccc(Oc2ccccc2)c1. The monoisotopic (exact) mass is 344 g/mol. The number of ether oxygens (including phenoxy) is 1. The summed E-state index contributed by atoms with van der Waals surface area (Å²) in [5.41, 5.74) is 2.54. The third-order valence-corrected chi connectivity index (χ3v) is 3.81. The number of hydrogen-bond acceptors (Lipinski definition) is 1. The molecule has 0 aliphatic heterocycles. The van der Waals surface area contributed by atoms with Crippen LogP contribution in [-0.4, -0.2) is 5.33 Å². The van der Waals surface area contributed by atoms with Crippen LogP contribution in [0.2, 0.25) is 0 Å². The molecule has 0 unspecified atom stereocenters. The molecule has 0 radical (unpaired) electrons. The Morgan fingerprint density at radius 2 is 1.71 bits per heavy atom. The highest BCUT2D eigenvalue weighted by atomic mass is 79.9. The topological polar surface area (TPSA) is 9.23 Å². The summed E-state index contributed by atoms with van der Waals surface area (Å²) in [6, 6.07) is 18.1. The summed E-state index contributed by atoms with van der Waals surface area (Å²) >= 11 is 3.46. The fourth-order valence-corrected chi connectivity index (χ4v) is 2.59. The van der Waals surface area contributed by atoms with Gasteiger partial charge in [0.15, 0.2) is 0 Å². The fraction of sp³-hybridized carbons (Fsp3) is 0.263. The first-order valence-corrected chi connectivity index (χ1v) is 8.44. The Hall–Kier alpha value is -1.54. The summed E-state index contributed by atoms with van der Waals surface area (Å²) < 4.78 is 5.86. The molecule has 0 aromatic heterocycles. The maximum atomic E-state index is 5.86. The van der Waals surface area contributed by atoms with Crippen LogP contribution in [-0.2, 0) is 6.42 Å². The zero-order chi connectivity index (χ0) is 14.9. The van der Waals surface area contributed by atoms with Crippen molar-refractivity contribution in [2.45, 2.75) is 25.7 Å². The predicted molar refractivity (Wildman–Crippen MR) is 93.4 cm³/mol. The molecule has 0 aliphatic rings. The first kappa shape index (κ1) is 15.8. The van der Waals surface area contributed by atoms with E-state index in [1.165, 1.54) is 24.0 Å². The molecule has 2 heteroatoms. The van der Waals surface area contributed by atoms with Crippen LogP contribution in [0.1, 0.15) is 24.8 Å². The average molecular weight is 345 g/mol. The highest BCUT2D eigenvalue weighted by Gasteiger charge is 2.01. The van der Waals surface area contributed by atoms with Gasteiger partial charge in [0, 0.05) is 5.33 Å². The summed E-state index contributed by atoms with van der Waals surface area (Å²) in [5.74, 6) is 1.75. The Kier molecular flexibility index (Phi) is 6.55. The Bertz CT molecular complexity index is 563.